The van der Waals surface area contributed by atoms with Crippen LogP contribution in [0.25, 0.3) is 0 Å². The third kappa shape index (κ3) is 4.87. The van der Waals surface area contributed by atoms with Gasteiger partial charge >= 0.3 is 0 Å². The van der Waals surface area contributed by atoms with Gasteiger partial charge in [-0.2, -0.15) is 0 Å². The highest BCUT2D eigenvalue weighted by molar-refractivity contribution is 4.76. The second-order valence-electron chi connectivity index (χ2n) is 5.86. The van der Waals surface area contributed by atoms with Crippen molar-refractivity contribution in [2.75, 3.05) is 26.9 Å². The summed E-state index contributed by atoms with van der Waals surface area (Å²) in [5.74, 6) is 0.892. The van der Waals surface area contributed by atoms with E-state index in [0.717, 1.165) is 25.2 Å². The summed E-state index contributed by atoms with van der Waals surface area (Å²) < 4.78 is 10.9. The maximum Gasteiger partial charge on any atom is 0.0572 e. The molecule has 2 rings (SSSR count). The van der Waals surface area contributed by atoms with Crippen LogP contribution in [-0.4, -0.2) is 39.0 Å². The van der Waals surface area contributed by atoms with Crippen LogP contribution in [0, 0.1) is 5.92 Å². The highest BCUT2D eigenvalue weighted by atomic mass is 16.5. The molecule has 1 heterocycles. The average Bonchev–Trinajstić information content (AvgIpc) is 2.65. The van der Waals surface area contributed by atoms with Gasteiger partial charge < -0.3 is 14.8 Å². The van der Waals surface area contributed by atoms with Gasteiger partial charge in [0.15, 0.2) is 0 Å². The van der Waals surface area contributed by atoms with Crippen LogP contribution in [0.3, 0.4) is 0 Å². The third-order valence-electron chi connectivity index (χ3n) is 4.58. The standard InChI is InChI=1S/C15H29NO2/c1-17-15-4-2-3-14(5-6-15)16-10-7-13-8-11-18-12-9-13/h13-16H,2-12H2,1H3. The zero-order valence-corrected chi connectivity index (χ0v) is 11.8. The summed E-state index contributed by atoms with van der Waals surface area (Å²) in [4.78, 5) is 0. The van der Waals surface area contributed by atoms with Gasteiger partial charge in [0.25, 0.3) is 0 Å². The highest BCUT2D eigenvalue weighted by Crippen LogP contribution is 2.21. The summed E-state index contributed by atoms with van der Waals surface area (Å²) >= 11 is 0. The van der Waals surface area contributed by atoms with Crippen molar-refractivity contribution in [3.63, 3.8) is 0 Å². The SMILES string of the molecule is COC1CCCC(NCCC2CCOCC2)CC1. The molecule has 1 saturated heterocycles. The number of methoxy groups -OCH3 is 1. The molecule has 1 N–H and O–H groups in total. The van der Waals surface area contributed by atoms with Crippen LogP contribution in [0.4, 0.5) is 0 Å². The normalized spacial score (nSPS) is 31.2. The second-order valence-corrected chi connectivity index (χ2v) is 5.86. The molecule has 0 bridgehead atoms. The summed E-state index contributed by atoms with van der Waals surface area (Å²) in [5, 5.41) is 3.76. The summed E-state index contributed by atoms with van der Waals surface area (Å²) in [6.45, 7) is 3.14. The number of nitrogens with one attached hydrogen (secondary N) is 1. The van der Waals surface area contributed by atoms with Crippen LogP contribution in [0.2, 0.25) is 0 Å². The maximum atomic E-state index is 5.48. The molecule has 0 spiro atoms. The van der Waals surface area contributed by atoms with Crippen LogP contribution < -0.4 is 5.32 Å². The predicted molar refractivity (Wildman–Crippen MR) is 73.8 cm³/mol. The van der Waals surface area contributed by atoms with Crippen molar-refractivity contribution in [3.8, 4) is 0 Å². The van der Waals surface area contributed by atoms with E-state index in [2.05, 4.69) is 5.32 Å². The largest absolute Gasteiger partial charge is 0.381 e. The fourth-order valence-corrected chi connectivity index (χ4v) is 3.23. The molecule has 2 aliphatic rings. The zero-order chi connectivity index (χ0) is 12.6. The van der Waals surface area contributed by atoms with E-state index in [0.29, 0.717) is 6.10 Å². The van der Waals surface area contributed by atoms with Gasteiger partial charge in [-0.15, -0.1) is 0 Å². The van der Waals surface area contributed by atoms with E-state index < -0.39 is 0 Å². The molecule has 0 aromatic rings. The first-order chi connectivity index (χ1) is 8.88. The Labute approximate surface area is 112 Å². The number of hydrogen-bond donors (Lipinski definition) is 1. The van der Waals surface area contributed by atoms with E-state index in [9.17, 15) is 0 Å². The molecule has 0 radical (unpaired) electrons. The Morgan fingerprint density at radius 2 is 1.89 bits per heavy atom. The van der Waals surface area contributed by atoms with E-state index >= 15 is 0 Å². The molecule has 1 aliphatic heterocycles. The number of rotatable bonds is 5. The molecule has 0 amide bonds. The molecule has 3 heteroatoms. The smallest absolute Gasteiger partial charge is 0.0572 e. The van der Waals surface area contributed by atoms with E-state index in [1.165, 1.54) is 57.9 Å². The van der Waals surface area contributed by atoms with E-state index in [4.69, 9.17) is 9.47 Å². The van der Waals surface area contributed by atoms with E-state index in [1.807, 2.05) is 7.11 Å². The Morgan fingerprint density at radius 1 is 1.06 bits per heavy atom. The van der Waals surface area contributed by atoms with Crippen molar-refractivity contribution < 1.29 is 9.47 Å². The first-order valence-electron chi connectivity index (χ1n) is 7.72. The van der Waals surface area contributed by atoms with Gasteiger partial charge in [0.05, 0.1) is 6.10 Å². The minimum absolute atomic E-state index is 0.507. The van der Waals surface area contributed by atoms with Gasteiger partial charge in [-0.05, 0) is 63.8 Å². The molecule has 106 valence electrons. The fraction of sp³-hybridized carbons (Fsp3) is 1.00. The van der Waals surface area contributed by atoms with Gasteiger partial charge in [-0.3, -0.25) is 0 Å². The Hall–Kier alpha value is -0.120. The zero-order valence-electron chi connectivity index (χ0n) is 11.8. The van der Waals surface area contributed by atoms with Crippen LogP contribution in [0.1, 0.15) is 51.4 Å². The van der Waals surface area contributed by atoms with Crippen molar-refractivity contribution in [2.24, 2.45) is 5.92 Å². The van der Waals surface area contributed by atoms with Gasteiger partial charge in [-0.1, -0.05) is 0 Å². The lowest BCUT2D eigenvalue weighted by molar-refractivity contribution is 0.0636. The van der Waals surface area contributed by atoms with Gasteiger partial charge in [0, 0.05) is 26.4 Å². The average molecular weight is 255 g/mol. The van der Waals surface area contributed by atoms with Crippen LogP contribution in [0.15, 0.2) is 0 Å². The van der Waals surface area contributed by atoms with Crippen molar-refractivity contribution in [1.82, 2.24) is 5.32 Å². The molecule has 2 atom stereocenters. The molecule has 1 saturated carbocycles. The molecule has 2 fully saturated rings. The van der Waals surface area contributed by atoms with Crippen molar-refractivity contribution in [2.45, 2.75) is 63.5 Å². The summed E-state index contributed by atoms with van der Waals surface area (Å²) in [5.41, 5.74) is 0. The Kier molecular flexibility index (Phi) is 6.46. The molecular formula is C15H29NO2. The Balaban J connectivity index is 1.58. The lowest BCUT2D eigenvalue weighted by Crippen LogP contribution is -2.31. The molecule has 2 unspecified atom stereocenters. The second kappa shape index (κ2) is 8.13. The fourth-order valence-electron chi connectivity index (χ4n) is 3.23. The highest BCUT2D eigenvalue weighted by Gasteiger charge is 2.19. The van der Waals surface area contributed by atoms with Gasteiger partial charge in [0.2, 0.25) is 0 Å². The Bertz CT molecular complexity index is 217. The number of ether oxygens (including phenoxy) is 2. The van der Waals surface area contributed by atoms with Crippen LogP contribution in [0.5, 0.6) is 0 Å². The van der Waals surface area contributed by atoms with Gasteiger partial charge in [-0.25, -0.2) is 0 Å². The first kappa shape index (κ1) is 14.3. The van der Waals surface area contributed by atoms with Crippen molar-refractivity contribution in [1.29, 1.82) is 0 Å². The summed E-state index contributed by atoms with van der Waals surface area (Å²) in [7, 11) is 1.85. The van der Waals surface area contributed by atoms with Crippen molar-refractivity contribution >= 4 is 0 Å². The topological polar surface area (TPSA) is 30.5 Å². The summed E-state index contributed by atoms with van der Waals surface area (Å²) in [6, 6.07) is 0.727. The lowest BCUT2D eigenvalue weighted by Gasteiger charge is -2.23. The maximum absolute atomic E-state index is 5.48. The third-order valence-corrected chi connectivity index (χ3v) is 4.58. The van der Waals surface area contributed by atoms with Crippen LogP contribution >= 0.6 is 0 Å². The van der Waals surface area contributed by atoms with Crippen molar-refractivity contribution in [3.05, 3.63) is 0 Å². The monoisotopic (exact) mass is 255 g/mol. The minimum Gasteiger partial charge on any atom is -0.381 e. The van der Waals surface area contributed by atoms with Gasteiger partial charge in [0.1, 0.15) is 0 Å². The Morgan fingerprint density at radius 3 is 2.67 bits per heavy atom. The quantitative estimate of drug-likeness (QED) is 0.766. The van der Waals surface area contributed by atoms with E-state index in [-0.39, 0.29) is 0 Å². The molecular weight excluding hydrogens is 226 g/mol. The first-order valence-corrected chi connectivity index (χ1v) is 7.72. The molecule has 18 heavy (non-hydrogen) atoms. The molecule has 0 aromatic heterocycles. The molecule has 0 aromatic carbocycles. The lowest BCUT2D eigenvalue weighted by atomic mass is 9.96. The minimum atomic E-state index is 0.507. The molecule has 3 nitrogen and oxygen atoms in total. The predicted octanol–water partition coefficient (Wildman–Crippen LogP) is 2.74. The summed E-state index contributed by atoms with van der Waals surface area (Å²) in [6.07, 6.45) is 10.8. The van der Waals surface area contributed by atoms with Crippen LogP contribution in [-0.2, 0) is 9.47 Å². The van der Waals surface area contributed by atoms with E-state index in [1.54, 1.807) is 0 Å². The number of hydrogen-bond acceptors (Lipinski definition) is 3. The molecule has 1 aliphatic carbocycles.